The van der Waals surface area contributed by atoms with Crippen LogP contribution in [0.25, 0.3) is 18.8 Å². The van der Waals surface area contributed by atoms with Crippen molar-refractivity contribution in [2.24, 2.45) is 0 Å². The highest BCUT2D eigenvalue weighted by molar-refractivity contribution is 9.13. The first kappa shape index (κ1) is 24.2. The van der Waals surface area contributed by atoms with E-state index in [4.69, 9.17) is 0 Å². The van der Waals surface area contributed by atoms with Crippen LogP contribution in [0.1, 0.15) is 101 Å². The molecule has 29 heavy (non-hydrogen) atoms. The van der Waals surface area contributed by atoms with Crippen LogP contribution < -0.4 is 0 Å². The highest BCUT2D eigenvalue weighted by atomic mass is 79.9. The number of hydrogen-bond donors (Lipinski definition) is 0. The van der Waals surface area contributed by atoms with E-state index in [-0.39, 0.29) is 0 Å². The molecule has 0 amide bonds. The molecule has 0 bridgehead atoms. The zero-order valence-electron chi connectivity index (χ0n) is 17.9. The molecule has 0 radical (unpaired) electrons. The number of halogens is 2. The smallest absolute Gasteiger partial charge is 0.0892 e. The lowest BCUT2D eigenvalue weighted by Crippen LogP contribution is -1.92. The van der Waals surface area contributed by atoms with Crippen molar-refractivity contribution in [2.45, 2.75) is 104 Å². The van der Waals surface area contributed by atoms with Crippen molar-refractivity contribution in [2.75, 3.05) is 0 Å². The van der Waals surface area contributed by atoms with Gasteiger partial charge in [0.25, 0.3) is 0 Å². The van der Waals surface area contributed by atoms with Crippen molar-refractivity contribution in [1.29, 1.82) is 0 Å². The molecule has 0 spiro atoms. The second-order valence-corrected chi connectivity index (χ2v) is 13.7. The van der Waals surface area contributed by atoms with E-state index in [1.165, 1.54) is 108 Å². The molecule has 0 saturated heterocycles. The minimum Gasteiger partial charge on any atom is -0.129 e. The van der Waals surface area contributed by atoms with Gasteiger partial charge in [-0.05, 0) is 63.1 Å². The Bertz CT molecular complexity index is 887. The van der Waals surface area contributed by atoms with Crippen LogP contribution in [0.3, 0.4) is 0 Å². The average molecular weight is 579 g/mol. The van der Waals surface area contributed by atoms with E-state index in [1.807, 2.05) is 22.7 Å². The summed E-state index contributed by atoms with van der Waals surface area (Å²) in [5.74, 6) is 0. The summed E-state index contributed by atoms with van der Waals surface area (Å²) in [6.45, 7) is 4.60. The molecule has 0 fully saturated rings. The van der Waals surface area contributed by atoms with E-state index in [0.717, 1.165) is 0 Å². The molecule has 0 unspecified atom stereocenters. The van der Waals surface area contributed by atoms with Gasteiger partial charge in [0.05, 0.1) is 21.7 Å². The molecule has 0 nitrogen and oxygen atoms in total. The maximum absolute atomic E-state index is 3.79. The predicted octanol–water partition coefficient (Wildman–Crippen LogP) is 11.5. The summed E-state index contributed by atoms with van der Waals surface area (Å²) in [5, 5.41) is 1.60. The summed E-state index contributed by atoms with van der Waals surface area (Å²) in [5.41, 5.74) is 1.70. The molecule has 0 N–H and O–H groups in total. The van der Waals surface area contributed by atoms with E-state index in [9.17, 15) is 0 Å². The number of rotatable bonds is 14. The van der Waals surface area contributed by atoms with Crippen molar-refractivity contribution >= 4 is 84.7 Å². The van der Waals surface area contributed by atoms with Crippen LogP contribution >= 0.6 is 65.9 Å². The van der Waals surface area contributed by atoms with Crippen molar-refractivity contribution < 1.29 is 0 Å². The van der Waals surface area contributed by atoms with E-state index >= 15 is 0 Å². The Morgan fingerprint density at radius 3 is 1.86 bits per heavy atom. The van der Waals surface area contributed by atoms with Gasteiger partial charge in [-0.15, -0.1) is 34.0 Å². The molecule has 3 heterocycles. The van der Waals surface area contributed by atoms with Crippen LogP contribution in [0.2, 0.25) is 0 Å². The Kier molecular flexibility index (Phi) is 10.5. The SMILES string of the molecule is CCCCCCCCc1sc2sc3c(Br)c(Br)sc3c2c1CCCCCCCC. The summed E-state index contributed by atoms with van der Waals surface area (Å²) in [6.07, 6.45) is 19.2. The lowest BCUT2D eigenvalue weighted by molar-refractivity contribution is 0.602. The normalized spacial score (nSPS) is 12.0. The summed E-state index contributed by atoms with van der Waals surface area (Å²) in [4.78, 5) is 1.69. The van der Waals surface area contributed by atoms with Crippen LogP contribution in [-0.2, 0) is 12.8 Å². The topological polar surface area (TPSA) is 0 Å². The first-order valence-electron chi connectivity index (χ1n) is 11.5. The molecular formula is C24H34Br2S3. The fraction of sp³-hybridized carbons (Fsp3) is 0.667. The van der Waals surface area contributed by atoms with Crippen molar-refractivity contribution in [1.82, 2.24) is 0 Å². The monoisotopic (exact) mass is 576 g/mol. The van der Waals surface area contributed by atoms with Gasteiger partial charge in [0, 0.05) is 10.3 Å². The largest absolute Gasteiger partial charge is 0.129 e. The summed E-state index contributed by atoms with van der Waals surface area (Å²) < 4.78 is 7.01. The van der Waals surface area contributed by atoms with Gasteiger partial charge in [-0.1, -0.05) is 78.1 Å². The van der Waals surface area contributed by atoms with Crippen molar-refractivity contribution in [3.8, 4) is 0 Å². The molecule has 5 heteroatoms. The third-order valence-electron chi connectivity index (χ3n) is 5.79. The fourth-order valence-corrected chi connectivity index (χ4v) is 9.83. The van der Waals surface area contributed by atoms with Crippen LogP contribution in [-0.4, -0.2) is 0 Å². The lowest BCUT2D eigenvalue weighted by atomic mass is 10.0. The zero-order valence-corrected chi connectivity index (χ0v) is 23.5. The van der Waals surface area contributed by atoms with Crippen LogP contribution in [0.4, 0.5) is 0 Å². The van der Waals surface area contributed by atoms with Gasteiger partial charge in [-0.3, -0.25) is 0 Å². The number of unbranched alkanes of at least 4 members (excludes halogenated alkanes) is 10. The Hall–Kier alpha value is 0.580. The van der Waals surface area contributed by atoms with Crippen molar-refractivity contribution in [3.05, 3.63) is 18.7 Å². The van der Waals surface area contributed by atoms with E-state index in [1.54, 1.807) is 19.8 Å². The van der Waals surface area contributed by atoms with E-state index in [2.05, 4.69) is 57.0 Å². The average Bonchev–Trinajstić information content (AvgIpc) is 3.31. The molecule has 0 aliphatic heterocycles. The lowest BCUT2D eigenvalue weighted by Gasteiger charge is -2.06. The van der Waals surface area contributed by atoms with E-state index < -0.39 is 0 Å². The number of thiophene rings is 3. The maximum atomic E-state index is 3.79. The van der Waals surface area contributed by atoms with Crippen LogP contribution in [0, 0.1) is 0 Å². The summed E-state index contributed by atoms with van der Waals surface area (Å²) >= 11 is 13.6. The first-order chi connectivity index (χ1) is 14.2. The Morgan fingerprint density at radius 1 is 0.621 bits per heavy atom. The molecule has 0 aliphatic rings. The molecule has 3 rings (SSSR count). The van der Waals surface area contributed by atoms with Gasteiger partial charge in [-0.25, -0.2) is 0 Å². The highest BCUT2D eigenvalue weighted by Crippen LogP contribution is 2.51. The number of hydrogen-bond acceptors (Lipinski definition) is 3. The second kappa shape index (κ2) is 12.6. The minimum atomic E-state index is 1.25. The van der Waals surface area contributed by atoms with Gasteiger partial charge >= 0.3 is 0 Å². The molecule has 0 aromatic carbocycles. The number of fused-ring (bicyclic) bond motifs is 3. The van der Waals surface area contributed by atoms with Gasteiger partial charge in [0.15, 0.2) is 0 Å². The maximum Gasteiger partial charge on any atom is 0.0892 e. The molecule has 162 valence electrons. The zero-order chi connectivity index (χ0) is 20.6. The molecule has 0 atom stereocenters. The van der Waals surface area contributed by atoms with Gasteiger partial charge in [0.1, 0.15) is 0 Å². The Labute approximate surface area is 205 Å². The predicted molar refractivity (Wildman–Crippen MR) is 145 cm³/mol. The van der Waals surface area contributed by atoms with Gasteiger partial charge in [0.2, 0.25) is 0 Å². The van der Waals surface area contributed by atoms with Crippen molar-refractivity contribution in [3.63, 3.8) is 0 Å². The molecule has 3 aromatic rings. The molecule has 0 aliphatic carbocycles. The van der Waals surface area contributed by atoms with Crippen LogP contribution in [0.15, 0.2) is 8.26 Å². The summed E-state index contributed by atoms with van der Waals surface area (Å²) in [7, 11) is 0. The van der Waals surface area contributed by atoms with Crippen LogP contribution in [0.5, 0.6) is 0 Å². The van der Waals surface area contributed by atoms with E-state index in [0.29, 0.717) is 0 Å². The minimum absolute atomic E-state index is 1.25. The fourth-order valence-electron chi connectivity index (χ4n) is 4.12. The third-order valence-corrected chi connectivity index (χ3v) is 12.2. The second-order valence-electron chi connectivity index (χ2n) is 8.15. The summed E-state index contributed by atoms with van der Waals surface area (Å²) in [6, 6.07) is 0. The Morgan fingerprint density at radius 2 is 1.21 bits per heavy atom. The molecule has 0 saturated carbocycles. The Balaban J connectivity index is 1.72. The molecular weight excluding hydrogens is 544 g/mol. The quantitative estimate of drug-likeness (QED) is 0.167. The first-order valence-corrected chi connectivity index (χ1v) is 15.5. The highest BCUT2D eigenvalue weighted by Gasteiger charge is 2.21. The third kappa shape index (κ3) is 6.31. The van der Waals surface area contributed by atoms with Gasteiger partial charge in [-0.2, -0.15) is 0 Å². The molecule has 3 aromatic heterocycles. The van der Waals surface area contributed by atoms with Gasteiger partial charge < -0.3 is 0 Å². The number of aryl methyl sites for hydroxylation is 2. The standard InChI is InChI=1S/C24H34Br2S3/c1-3-5-7-9-11-13-15-17-18(16-14-12-10-8-6-4-2)27-24-19(17)21-22(29-24)20(25)23(26)28-21/h3-16H2,1-2H3.